The van der Waals surface area contributed by atoms with Crippen molar-refractivity contribution >= 4 is 34.2 Å². The first-order chi connectivity index (χ1) is 12.8. The predicted octanol–water partition coefficient (Wildman–Crippen LogP) is 4.62. The van der Waals surface area contributed by atoms with Crippen LogP contribution in [0.2, 0.25) is 5.02 Å². The van der Waals surface area contributed by atoms with Gasteiger partial charge in [-0.15, -0.1) is 0 Å². The Hall–Kier alpha value is -2.54. The molecule has 0 amide bonds. The van der Waals surface area contributed by atoms with Gasteiger partial charge in [-0.3, -0.25) is 4.79 Å². The summed E-state index contributed by atoms with van der Waals surface area (Å²) in [5, 5.41) is 4.08. The quantitative estimate of drug-likeness (QED) is 0.616. The van der Waals surface area contributed by atoms with Crippen molar-refractivity contribution in [2.24, 2.45) is 5.92 Å². The van der Waals surface area contributed by atoms with E-state index in [9.17, 15) is 9.18 Å². The molecule has 0 aliphatic carbocycles. The lowest BCUT2D eigenvalue weighted by atomic mass is 10.0. The minimum Gasteiger partial charge on any atom is -0.358 e. The molecule has 0 aromatic carbocycles. The Morgan fingerprint density at radius 2 is 2.07 bits per heavy atom. The Kier molecular flexibility index (Phi) is 5.70. The van der Waals surface area contributed by atoms with E-state index < -0.39 is 11.9 Å². The van der Waals surface area contributed by atoms with Crippen molar-refractivity contribution in [3.8, 4) is 11.4 Å². The Labute approximate surface area is 161 Å². The molecule has 0 saturated heterocycles. The molecular formula is C19H21ClFN5O. The van der Waals surface area contributed by atoms with Crippen LogP contribution < -0.4 is 5.32 Å². The van der Waals surface area contributed by atoms with Gasteiger partial charge in [0.05, 0.1) is 17.3 Å². The van der Waals surface area contributed by atoms with Crippen LogP contribution in [0.5, 0.6) is 0 Å². The number of ketones is 1. The summed E-state index contributed by atoms with van der Waals surface area (Å²) in [6, 6.07) is 1.20. The van der Waals surface area contributed by atoms with Gasteiger partial charge >= 0.3 is 0 Å². The van der Waals surface area contributed by atoms with Crippen LogP contribution in [0.4, 0.5) is 10.2 Å². The summed E-state index contributed by atoms with van der Waals surface area (Å²) in [4.78, 5) is 27.8. The maximum Gasteiger partial charge on any atom is 0.183 e. The molecule has 3 rings (SSSR count). The van der Waals surface area contributed by atoms with Gasteiger partial charge in [0.1, 0.15) is 5.65 Å². The topological polar surface area (TPSA) is 83.6 Å². The highest BCUT2D eigenvalue weighted by Crippen LogP contribution is 2.28. The molecule has 0 saturated carbocycles. The van der Waals surface area contributed by atoms with Gasteiger partial charge in [0.15, 0.2) is 23.2 Å². The van der Waals surface area contributed by atoms with Gasteiger partial charge < -0.3 is 10.3 Å². The molecule has 0 radical (unpaired) electrons. The number of carbonyl (C=O) groups is 1. The number of fused-ring (bicyclic) bond motifs is 1. The first-order valence-electron chi connectivity index (χ1n) is 8.80. The lowest BCUT2D eigenvalue weighted by Gasteiger charge is -2.15. The number of carbonyl (C=O) groups excluding carboxylic acids is 1. The molecule has 142 valence electrons. The fourth-order valence-electron chi connectivity index (χ4n) is 2.69. The van der Waals surface area contributed by atoms with Gasteiger partial charge in [-0.2, -0.15) is 0 Å². The van der Waals surface area contributed by atoms with Crippen LogP contribution in [0.1, 0.15) is 33.6 Å². The molecule has 3 heterocycles. The summed E-state index contributed by atoms with van der Waals surface area (Å²) in [5.74, 6) is 0.154. The van der Waals surface area contributed by atoms with Crippen molar-refractivity contribution < 1.29 is 9.18 Å². The van der Waals surface area contributed by atoms with Crippen molar-refractivity contribution in [2.75, 3.05) is 5.32 Å². The average molecular weight is 390 g/mol. The summed E-state index contributed by atoms with van der Waals surface area (Å²) in [7, 11) is 0. The monoisotopic (exact) mass is 389 g/mol. The van der Waals surface area contributed by atoms with E-state index in [0.717, 1.165) is 18.0 Å². The summed E-state index contributed by atoms with van der Waals surface area (Å²) < 4.78 is 14.2. The Morgan fingerprint density at radius 1 is 1.30 bits per heavy atom. The summed E-state index contributed by atoms with van der Waals surface area (Å²) >= 11 is 6.02. The number of nitrogens with one attached hydrogen (secondary N) is 2. The zero-order chi connectivity index (χ0) is 19.6. The maximum atomic E-state index is 14.2. The van der Waals surface area contributed by atoms with E-state index in [4.69, 9.17) is 11.6 Å². The van der Waals surface area contributed by atoms with Crippen molar-refractivity contribution in [1.82, 2.24) is 19.9 Å². The van der Waals surface area contributed by atoms with Crippen LogP contribution in [0.25, 0.3) is 22.4 Å². The number of pyridine rings is 1. The third-order valence-corrected chi connectivity index (χ3v) is 4.49. The van der Waals surface area contributed by atoms with E-state index in [-0.39, 0.29) is 11.6 Å². The summed E-state index contributed by atoms with van der Waals surface area (Å²) in [6.07, 6.45) is 5.56. The molecule has 3 aromatic heterocycles. The van der Waals surface area contributed by atoms with Gasteiger partial charge in [0.25, 0.3) is 0 Å². The van der Waals surface area contributed by atoms with Crippen LogP contribution in [-0.4, -0.2) is 31.8 Å². The molecular weight excluding hydrogens is 369 g/mol. The molecule has 0 aliphatic rings. The number of aromatic nitrogens is 4. The van der Waals surface area contributed by atoms with E-state index in [2.05, 4.69) is 39.1 Å². The standard InChI is InChI=1S/C19H21ClFN5O/c1-10(2)4-5-16(27)11(3)25-19-15(21)9-24-18(26-19)14-8-23-17-13(14)6-12(20)7-22-17/h6-11H,4-5H2,1-3H3,(H,22,23)(H,24,25,26)/t11-/m0/s1. The lowest BCUT2D eigenvalue weighted by molar-refractivity contribution is -0.119. The van der Waals surface area contributed by atoms with Gasteiger partial charge in [0.2, 0.25) is 0 Å². The Morgan fingerprint density at radius 3 is 2.81 bits per heavy atom. The van der Waals surface area contributed by atoms with E-state index in [0.29, 0.717) is 34.4 Å². The molecule has 2 N–H and O–H groups in total. The molecule has 0 spiro atoms. The minimum atomic E-state index is -0.613. The van der Waals surface area contributed by atoms with Crippen molar-refractivity contribution in [3.63, 3.8) is 0 Å². The molecule has 0 bridgehead atoms. The molecule has 8 heteroatoms. The van der Waals surface area contributed by atoms with Crippen LogP contribution in [0.15, 0.2) is 24.7 Å². The number of rotatable bonds is 7. The van der Waals surface area contributed by atoms with Crippen LogP contribution in [0, 0.1) is 11.7 Å². The minimum absolute atomic E-state index is 0.00488. The summed E-state index contributed by atoms with van der Waals surface area (Å²) in [6.45, 7) is 5.83. The molecule has 1 atom stereocenters. The van der Waals surface area contributed by atoms with Crippen LogP contribution in [0.3, 0.4) is 0 Å². The zero-order valence-corrected chi connectivity index (χ0v) is 16.1. The van der Waals surface area contributed by atoms with E-state index in [1.807, 2.05) is 0 Å². The number of hydrogen-bond donors (Lipinski definition) is 2. The average Bonchev–Trinajstić information content (AvgIpc) is 3.04. The van der Waals surface area contributed by atoms with Crippen molar-refractivity contribution in [1.29, 1.82) is 0 Å². The number of halogens is 2. The van der Waals surface area contributed by atoms with Gasteiger partial charge in [0, 0.05) is 29.8 Å². The van der Waals surface area contributed by atoms with Gasteiger partial charge in [-0.1, -0.05) is 25.4 Å². The number of aromatic amines is 1. The fourth-order valence-corrected chi connectivity index (χ4v) is 2.85. The number of Topliss-reactive ketones (excluding diaryl/α,β-unsaturated/α-hetero) is 1. The van der Waals surface area contributed by atoms with E-state index >= 15 is 0 Å². The lowest BCUT2D eigenvalue weighted by Crippen LogP contribution is -2.27. The molecule has 0 aliphatic heterocycles. The first kappa shape index (κ1) is 19.2. The van der Waals surface area contributed by atoms with E-state index in [1.165, 1.54) is 6.20 Å². The zero-order valence-electron chi connectivity index (χ0n) is 15.4. The third kappa shape index (κ3) is 4.42. The van der Waals surface area contributed by atoms with Gasteiger partial charge in [-0.05, 0) is 25.3 Å². The second-order valence-electron chi connectivity index (χ2n) is 6.91. The highest BCUT2D eigenvalue weighted by Gasteiger charge is 2.18. The molecule has 27 heavy (non-hydrogen) atoms. The number of anilines is 1. The highest BCUT2D eigenvalue weighted by atomic mass is 35.5. The van der Waals surface area contributed by atoms with Crippen LogP contribution in [-0.2, 0) is 4.79 Å². The molecule has 6 nitrogen and oxygen atoms in total. The first-order valence-corrected chi connectivity index (χ1v) is 9.17. The SMILES string of the molecule is CC(C)CCC(=O)[C@H](C)Nc1nc(-c2c[nH]c3ncc(Cl)cc23)ncc1F. The second-order valence-corrected chi connectivity index (χ2v) is 7.34. The molecule has 0 unspecified atom stereocenters. The smallest absolute Gasteiger partial charge is 0.183 e. The fraction of sp³-hybridized carbons (Fsp3) is 0.368. The largest absolute Gasteiger partial charge is 0.358 e. The predicted molar refractivity (Wildman–Crippen MR) is 104 cm³/mol. The van der Waals surface area contributed by atoms with Gasteiger partial charge in [-0.25, -0.2) is 19.3 Å². The van der Waals surface area contributed by atoms with Crippen molar-refractivity contribution in [2.45, 2.75) is 39.7 Å². The Balaban J connectivity index is 1.86. The van der Waals surface area contributed by atoms with Crippen LogP contribution >= 0.6 is 11.6 Å². The summed E-state index contributed by atoms with van der Waals surface area (Å²) in [5.41, 5.74) is 1.29. The Bertz CT molecular complexity index is 972. The number of H-pyrrole nitrogens is 1. The third-order valence-electron chi connectivity index (χ3n) is 4.29. The highest BCUT2D eigenvalue weighted by molar-refractivity contribution is 6.31. The van der Waals surface area contributed by atoms with E-state index in [1.54, 1.807) is 19.2 Å². The second kappa shape index (κ2) is 8.00. The molecule has 0 fully saturated rings. The normalized spacial score (nSPS) is 12.5. The number of nitrogens with zero attached hydrogens (tertiary/aromatic N) is 3. The maximum absolute atomic E-state index is 14.2. The molecule has 3 aromatic rings. The van der Waals surface area contributed by atoms with Crippen molar-refractivity contribution in [3.05, 3.63) is 35.5 Å². The number of hydrogen-bond acceptors (Lipinski definition) is 5.